The molecular weight excluding hydrogens is 162 g/mol. The third kappa shape index (κ3) is 2.13. The molecule has 13 heavy (non-hydrogen) atoms. The molecule has 70 valence electrons. The first-order chi connectivity index (χ1) is 6.19. The predicted octanol–water partition coefficient (Wildman–Crippen LogP) is 2.18. The smallest absolute Gasteiger partial charge is 0.106 e. The molecular formula is C11H15NO. The van der Waals surface area contributed by atoms with Crippen LogP contribution >= 0.6 is 0 Å². The molecule has 0 saturated carbocycles. The van der Waals surface area contributed by atoms with Gasteiger partial charge in [-0.1, -0.05) is 12.8 Å². The molecule has 2 nitrogen and oxygen atoms in total. The number of aryl methyl sites for hydroxylation is 2. The Labute approximate surface area is 79.3 Å². The van der Waals surface area contributed by atoms with E-state index in [2.05, 4.69) is 11.2 Å². The first-order valence-corrected chi connectivity index (χ1v) is 4.45. The first-order valence-electron chi connectivity index (χ1n) is 4.45. The van der Waals surface area contributed by atoms with Crippen molar-refractivity contribution in [1.29, 1.82) is 0 Å². The predicted molar refractivity (Wildman–Crippen MR) is 53.4 cm³/mol. The highest BCUT2D eigenvalue weighted by Crippen LogP contribution is 2.20. The highest BCUT2D eigenvalue weighted by Gasteiger charge is 2.12. The van der Waals surface area contributed by atoms with Gasteiger partial charge in [0.1, 0.15) is 11.5 Å². The van der Waals surface area contributed by atoms with Crippen LogP contribution in [0.25, 0.3) is 0 Å². The van der Waals surface area contributed by atoms with Gasteiger partial charge >= 0.3 is 0 Å². The van der Waals surface area contributed by atoms with E-state index in [1.807, 2.05) is 26.8 Å². The van der Waals surface area contributed by atoms with Gasteiger partial charge in [0.25, 0.3) is 0 Å². The summed E-state index contributed by atoms with van der Waals surface area (Å²) in [5, 5.41) is 3.21. The van der Waals surface area contributed by atoms with Crippen LogP contribution in [0.4, 0.5) is 0 Å². The maximum absolute atomic E-state index is 5.41. The Morgan fingerprint density at radius 2 is 2.31 bits per heavy atom. The van der Waals surface area contributed by atoms with E-state index in [0.717, 1.165) is 23.6 Å². The second-order valence-electron chi connectivity index (χ2n) is 3.03. The van der Waals surface area contributed by atoms with E-state index in [1.54, 1.807) is 0 Å². The number of rotatable bonds is 3. The second-order valence-corrected chi connectivity index (χ2v) is 3.03. The molecule has 1 N–H and O–H groups in total. The molecule has 1 unspecified atom stereocenters. The van der Waals surface area contributed by atoms with Crippen molar-refractivity contribution in [3.8, 4) is 12.3 Å². The minimum absolute atomic E-state index is 0.0255. The summed E-state index contributed by atoms with van der Waals surface area (Å²) >= 11 is 0. The summed E-state index contributed by atoms with van der Waals surface area (Å²) in [5.74, 6) is 4.51. The van der Waals surface area contributed by atoms with Crippen molar-refractivity contribution in [2.24, 2.45) is 0 Å². The summed E-state index contributed by atoms with van der Waals surface area (Å²) in [6.45, 7) is 6.76. The second kappa shape index (κ2) is 4.15. The van der Waals surface area contributed by atoms with Gasteiger partial charge in [0.05, 0.1) is 6.04 Å². The molecule has 0 bridgehead atoms. The van der Waals surface area contributed by atoms with Crippen LogP contribution in [0.15, 0.2) is 10.5 Å². The lowest BCUT2D eigenvalue weighted by molar-refractivity contribution is 0.497. The molecule has 1 heterocycles. The van der Waals surface area contributed by atoms with Crippen molar-refractivity contribution in [3.63, 3.8) is 0 Å². The van der Waals surface area contributed by atoms with Gasteiger partial charge in [-0.2, -0.15) is 0 Å². The van der Waals surface area contributed by atoms with Gasteiger partial charge in [-0.15, -0.1) is 6.42 Å². The Bertz CT molecular complexity index is 319. The van der Waals surface area contributed by atoms with Crippen LogP contribution in [0, 0.1) is 26.2 Å². The largest absolute Gasteiger partial charge is 0.466 e. The van der Waals surface area contributed by atoms with Crippen molar-refractivity contribution >= 4 is 0 Å². The first kappa shape index (κ1) is 9.88. The van der Waals surface area contributed by atoms with Crippen LogP contribution in [-0.4, -0.2) is 6.54 Å². The number of nitrogens with one attached hydrogen (secondary N) is 1. The van der Waals surface area contributed by atoms with E-state index in [9.17, 15) is 0 Å². The number of furan rings is 1. The molecule has 1 aromatic rings. The van der Waals surface area contributed by atoms with Crippen molar-refractivity contribution in [1.82, 2.24) is 5.32 Å². The third-order valence-corrected chi connectivity index (χ3v) is 1.97. The van der Waals surface area contributed by atoms with Crippen molar-refractivity contribution < 1.29 is 4.42 Å². The summed E-state index contributed by atoms with van der Waals surface area (Å²) in [5.41, 5.74) is 1.07. The molecule has 1 atom stereocenters. The van der Waals surface area contributed by atoms with E-state index in [4.69, 9.17) is 10.8 Å². The van der Waals surface area contributed by atoms with Crippen LogP contribution < -0.4 is 5.32 Å². The molecule has 2 heteroatoms. The number of terminal acetylenes is 1. The zero-order chi connectivity index (χ0) is 9.84. The fourth-order valence-corrected chi connectivity index (χ4v) is 1.40. The SMILES string of the molecule is C#CC(NCC)c1cc(C)oc1C. The van der Waals surface area contributed by atoms with E-state index >= 15 is 0 Å². The van der Waals surface area contributed by atoms with Gasteiger partial charge in [-0.25, -0.2) is 0 Å². The highest BCUT2D eigenvalue weighted by molar-refractivity contribution is 5.29. The van der Waals surface area contributed by atoms with E-state index in [1.165, 1.54) is 0 Å². The lowest BCUT2D eigenvalue weighted by Crippen LogP contribution is -2.19. The Morgan fingerprint density at radius 1 is 1.62 bits per heavy atom. The quantitative estimate of drug-likeness (QED) is 0.716. The zero-order valence-corrected chi connectivity index (χ0v) is 8.35. The standard InChI is InChI=1S/C11H15NO/c1-5-11(12-6-2)10-7-8(3)13-9(10)4/h1,7,11-12H,6H2,2-4H3. The topological polar surface area (TPSA) is 25.2 Å². The Kier molecular flexibility index (Phi) is 3.16. The molecule has 0 spiro atoms. The molecule has 0 aromatic carbocycles. The number of hydrogen-bond donors (Lipinski definition) is 1. The molecule has 1 aromatic heterocycles. The monoisotopic (exact) mass is 177 g/mol. The van der Waals surface area contributed by atoms with Gasteiger partial charge in [0.15, 0.2) is 0 Å². The molecule has 0 saturated heterocycles. The van der Waals surface area contributed by atoms with Crippen LogP contribution in [-0.2, 0) is 0 Å². The van der Waals surface area contributed by atoms with Crippen molar-refractivity contribution in [3.05, 3.63) is 23.2 Å². The van der Waals surface area contributed by atoms with Gasteiger partial charge in [0.2, 0.25) is 0 Å². The van der Waals surface area contributed by atoms with Gasteiger partial charge in [0, 0.05) is 5.56 Å². The van der Waals surface area contributed by atoms with E-state index in [0.29, 0.717) is 0 Å². The van der Waals surface area contributed by atoms with Crippen LogP contribution in [0.3, 0.4) is 0 Å². The fourth-order valence-electron chi connectivity index (χ4n) is 1.40. The lowest BCUT2D eigenvalue weighted by Gasteiger charge is -2.09. The van der Waals surface area contributed by atoms with E-state index < -0.39 is 0 Å². The van der Waals surface area contributed by atoms with Crippen LogP contribution in [0.5, 0.6) is 0 Å². The van der Waals surface area contributed by atoms with Gasteiger partial charge in [-0.05, 0) is 26.5 Å². The van der Waals surface area contributed by atoms with Crippen LogP contribution in [0.2, 0.25) is 0 Å². The summed E-state index contributed by atoms with van der Waals surface area (Å²) in [6.07, 6.45) is 5.41. The maximum atomic E-state index is 5.41. The molecule has 0 amide bonds. The van der Waals surface area contributed by atoms with E-state index in [-0.39, 0.29) is 6.04 Å². The molecule has 0 fully saturated rings. The summed E-state index contributed by atoms with van der Waals surface area (Å²) in [4.78, 5) is 0. The van der Waals surface area contributed by atoms with Crippen molar-refractivity contribution in [2.75, 3.05) is 6.54 Å². The molecule has 0 radical (unpaired) electrons. The lowest BCUT2D eigenvalue weighted by atomic mass is 10.1. The van der Waals surface area contributed by atoms with Crippen molar-refractivity contribution in [2.45, 2.75) is 26.8 Å². The summed E-state index contributed by atoms with van der Waals surface area (Å²) < 4.78 is 5.41. The Morgan fingerprint density at radius 3 is 2.69 bits per heavy atom. The molecule has 0 aliphatic rings. The van der Waals surface area contributed by atoms with Crippen LogP contribution in [0.1, 0.15) is 30.0 Å². The summed E-state index contributed by atoms with van der Waals surface area (Å²) in [6, 6.07) is 1.96. The zero-order valence-electron chi connectivity index (χ0n) is 8.35. The normalized spacial score (nSPS) is 12.5. The Hall–Kier alpha value is -1.20. The highest BCUT2D eigenvalue weighted by atomic mass is 16.3. The molecule has 1 rings (SSSR count). The van der Waals surface area contributed by atoms with Gasteiger partial charge in [-0.3, -0.25) is 0 Å². The summed E-state index contributed by atoms with van der Waals surface area (Å²) in [7, 11) is 0. The third-order valence-electron chi connectivity index (χ3n) is 1.97. The maximum Gasteiger partial charge on any atom is 0.106 e. The fraction of sp³-hybridized carbons (Fsp3) is 0.455. The van der Waals surface area contributed by atoms with Gasteiger partial charge < -0.3 is 9.73 Å². The minimum atomic E-state index is -0.0255. The Balaban J connectivity index is 2.92. The molecule has 0 aliphatic heterocycles. The number of hydrogen-bond acceptors (Lipinski definition) is 2. The average Bonchev–Trinajstić information content (AvgIpc) is 2.41. The molecule has 0 aliphatic carbocycles. The minimum Gasteiger partial charge on any atom is -0.466 e. The average molecular weight is 177 g/mol.